The van der Waals surface area contributed by atoms with Crippen LogP contribution in [-0.2, 0) is 4.79 Å². The Hall–Kier alpha value is -0.710. The summed E-state index contributed by atoms with van der Waals surface area (Å²) in [6.45, 7) is 1.38. The van der Waals surface area contributed by atoms with Gasteiger partial charge in [0.15, 0.2) is 0 Å². The Bertz CT molecular complexity index is 126. The lowest BCUT2D eigenvalue weighted by Crippen LogP contribution is -2.28. The summed E-state index contributed by atoms with van der Waals surface area (Å²) < 4.78 is 2.25. The molecule has 9 heavy (non-hydrogen) atoms. The van der Waals surface area contributed by atoms with Crippen LogP contribution in [0.15, 0.2) is 0 Å². The van der Waals surface area contributed by atoms with Gasteiger partial charge >= 0.3 is 6.03 Å². The van der Waals surface area contributed by atoms with Crippen molar-refractivity contribution in [2.75, 3.05) is 7.05 Å². The summed E-state index contributed by atoms with van der Waals surface area (Å²) in [5.41, 5.74) is 0. The van der Waals surface area contributed by atoms with Crippen molar-refractivity contribution < 1.29 is 9.59 Å². The molecule has 4 nitrogen and oxygen atoms in total. The van der Waals surface area contributed by atoms with Gasteiger partial charge in [-0.3, -0.25) is 9.52 Å². The minimum absolute atomic E-state index is 0.140. The molecule has 0 spiro atoms. The average molecular weight is 148 g/mol. The summed E-state index contributed by atoms with van der Waals surface area (Å²) >= 11 is 0.763. The number of carbonyl (C=O) groups excluding carboxylic acids is 2. The number of amides is 2. The average Bonchev–Trinajstić information content (AvgIpc) is 1.83. The van der Waals surface area contributed by atoms with Crippen LogP contribution in [0.2, 0.25) is 0 Å². The van der Waals surface area contributed by atoms with Crippen molar-refractivity contribution in [3.63, 3.8) is 0 Å². The van der Waals surface area contributed by atoms with Gasteiger partial charge in [0.1, 0.15) is 0 Å². The second-order valence-electron chi connectivity index (χ2n) is 1.27. The van der Waals surface area contributed by atoms with Crippen LogP contribution >= 0.6 is 11.9 Å². The summed E-state index contributed by atoms with van der Waals surface area (Å²) in [4.78, 5) is 20.5. The first-order valence-corrected chi connectivity index (χ1v) is 3.13. The standard InChI is InChI=1S/C4H8N2O2S/c1-3(7)9-6-4(8)5-2/h1-2H3,(H2,5,6,8). The number of nitrogens with one attached hydrogen (secondary N) is 2. The minimum atomic E-state index is -0.366. The van der Waals surface area contributed by atoms with Gasteiger partial charge < -0.3 is 5.32 Å². The molecule has 0 aromatic heterocycles. The van der Waals surface area contributed by atoms with Gasteiger partial charge in [0.05, 0.1) is 0 Å². The van der Waals surface area contributed by atoms with Gasteiger partial charge in [0.25, 0.3) is 0 Å². The van der Waals surface area contributed by atoms with Crippen molar-refractivity contribution in [2.24, 2.45) is 0 Å². The van der Waals surface area contributed by atoms with Gasteiger partial charge in [-0.1, -0.05) is 0 Å². The molecular formula is C4H8N2O2S. The molecule has 0 aromatic carbocycles. The lowest BCUT2D eigenvalue weighted by atomic mass is 10.9. The Labute approximate surface area is 57.5 Å². The molecule has 0 aliphatic rings. The van der Waals surface area contributed by atoms with Crippen LogP contribution in [0.1, 0.15) is 6.92 Å². The molecule has 0 aromatic rings. The first-order valence-electron chi connectivity index (χ1n) is 2.32. The van der Waals surface area contributed by atoms with E-state index in [1.54, 1.807) is 0 Å². The van der Waals surface area contributed by atoms with E-state index in [4.69, 9.17) is 0 Å². The molecular weight excluding hydrogens is 140 g/mol. The van der Waals surface area contributed by atoms with Gasteiger partial charge in [0.2, 0.25) is 5.12 Å². The van der Waals surface area contributed by atoms with Crippen molar-refractivity contribution in [3.05, 3.63) is 0 Å². The van der Waals surface area contributed by atoms with Crippen molar-refractivity contribution in [2.45, 2.75) is 6.92 Å². The first kappa shape index (κ1) is 8.29. The molecule has 0 rings (SSSR count). The fourth-order valence-corrected chi connectivity index (χ4v) is 0.508. The highest BCUT2D eigenvalue weighted by atomic mass is 32.2. The zero-order chi connectivity index (χ0) is 7.28. The van der Waals surface area contributed by atoms with Crippen LogP contribution in [-0.4, -0.2) is 18.2 Å². The van der Waals surface area contributed by atoms with Gasteiger partial charge in [-0.25, -0.2) is 4.79 Å². The maximum atomic E-state index is 10.3. The van der Waals surface area contributed by atoms with E-state index in [1.807, 2.05) is 0 Å². The fourth-order valence-electron chi connectivity index (χ4n) is 0.169. The monoisotopic (exact) mass is 148 g/mol. The molecule has 0 fully saturated rings. The third kappa shape index (κ3) is 5.16. The number of carbonyl (C=O) groups is 2. The number of urea groups is 1. The van der Waals surface area contributed by atoms with E-state index in [9.17, 15) is 9.59 Å². The molecule has 0 aliphatic carbocycles. The molecule has 0 bridgehead atoms. The third-order valence-electron chi connectivity index (χ3n) is 0.515. The van der Waals surface area contributed by atoms with E-state index in [-0.39, 0.29) is 11.1 Å². The van der Waals surface area contributed by atoms with Crippen LogP contribution in [0.25, 0.3) is 0 Å². The van der Waals surface area contributed by atoms with E-state index in [1.165, 1.54) is 14.0 Å². The Balaban J connectivity index is 3.28. The molecule has 0 atom stereocenters. The van der Waals surface area contributed by atoms with Crippen molar-refractivity contribution in [1.82, 2.24) is 10.0 Å². The lowest BCUT2D eigenvalue weighted by molar-refractivity contribution is -0.109. The maximum Gasteiger partial charge on any atom is 0.324 e. The Kier molecular flexibility index (Phi) is 3.87. The number of hydrogen-bond donors (Lipinski definition) is 2. The Morgan fingerprint density at radius 1 is 1.44 bits per heavy atom. The van der Waals surface area contributed by atoms with E-state index in [0.29, 0.717) is 0 Å². The first-order chi connectivity index (χ1) is 4.16. The van der Waals surface area contributed by atoms with E-state index >= 15 is 0 Å². The zero-order valence-electron chi connectivity index (χ0n) is 5.22. The smallest absolute Gasteiger partial charge is 0.324 e. The maximum absolute atomic E-state index is 10.3. The van der Waals surface area contributed by atoms with E-state index in [2.05, 4.69) is 10.0 Å². The van der Waals surface area contributed by atoms with E-state index < -0.39 is 0 Å². The molecule has 2 amide bonds. The highest BCUT2D eigenvalue weighted by molar-refractivity contribution is 8.12. The van der Waals surface area contributed by atoms with Gasteiger partial charge in [-0.05, 0) is 0 Å². The normalized spacial score (nSPS) is 8.22. The van der Waals surface area contributed by atoms with Gasteiger partial charge in [0, 0.05) is 25.9 Å². The molecule has 0 heterocycles. The summed E-state index contributed by atoms with van der Waals surface area (Å²) in [6, 6.07) is -0.366. The van der Waals surface area contributed by atoms with Crippen LogP contribution < -0.4 is 10.0 Å². The highest BCUT2D eigenvalue weighted by Gasteiger charge is 1.96. The number of hydrogen-bond acceptors (Lipinski definition) is 3. The topological polar surface area (TPSA) is 58.2 Å². The zero-order valence-corrected chi connectivity index (χ0v) is 6.04. The molecule has 2 N–H and O–H groups in total. The fraction of sp³-hybridized carbons (Fsp3) is 0.500. The molecule has 52 valence electrons. The van der Waals surface area contributed by atoms with Gasteiger partial charge in [-0.2, -0.15) is 0 Å². The van der Waals surface area contributed by atoms with E-state index in [0.717, 1.165) is 11.9 Å². The Morgan fingerprint density at radius 2 is 2.00 bits per heavy atom. The minimum Gasteiger partial charge on any atom is -0.341 e. The highest BCUT2D eigenvalue weighted by Crippen LogP contribution is 1.91. The van der Waals surface area contributed by atoms with Crippen LogP contribution in [0.3, 0.4) is 0 Å². The molecule has 0 saturated heterocycles. The second-order valence-corrected chi connectivity index (χ2v) is 2.26. The summed E-state index contributed by atoms with van der Waals surface area (Å²) in [7, 11) is 1.48. The summed E-state index contributed by atoms with van der Waals surface area (Å²) in [5, 5.41) is 2.16. The third-order valence-corrected chi connectivity index (χ3v) is 1.09. The predicted molar refractivity (Wildman–Crippen MR) is 35.9 cm³/mol. The molecule has 5 heteroatoms. The summed E-state index contributed by atoms with van der Waals surface area (Å²) in [6.07, 6.45) is 0. The molecule has 0 aliphatic heterocycles. The number of rotatable bonds is 0. The SMILES string of the molecule is CNC(=O)NSC(C)=O. The van der Waals surface area contributed by atoms with Crippen molar-refractivity contribution in [1.29, 1.82) is 0 Å². The summed E-state index contributed by atoms with van der Waals surface area (Å²) in [5.74, 6) is 0. The molecule has 0 saturated carbocycles. The molecule has 0 radical (unpaired) electrons. The largest absolute Gasteiger partial charge is 0.341 e. The van der Waals surface area contributed by atoms with Crippen LogP contribution in [0, 0.1) is 0 Å². The predicted octanol–water partition coefficient (Wildman–Crippen LogP) is 0.110. The van der Waals surface area contributed by atoms with Crippen molar-refractivity contribution in [3.8, 4) is 0 Å². The Morgan fingerprint density at radius 3 is 2.33 bits per heavy atom. The van der Waals surface area contributed by atoms with Crippen LogP contribution in [0.4, 0.5) is 4.79 Å². The van der Waals surface area contributed by atoms with Gasteiger partial charge in [-0.15, -0.1) is 0 Å². The quantitative estimate of drug-likeness (QED) is 0.479. The van der Waals surface area contributed by atoms with Crippen molar-refractivity contribution >= 4 is 23.1 Å². The van der Waals surface area contributed by atoms with Crippen LogP contribution in [0.5, 0.6) is 0 Å². The lowest BCUT2D eigenvalue weighted by Gasteiger charge is -1.97. The molecule has 0 unspecified atom stereocenters. The second kappa shape index (κ2) is 4.20.